The minimum atomic E-state index is -0.452. The van der Waals surface area contributed by atoms with Crippen molar-refractivity contribution >= 4 is 5.91 Å². The molecule has 10 nitrogen and oxygen atoms in total. The molecule has 1 amide bonds. The lowest BCUT2D eigenvalue weighted by atomic mass is 9.85. The second-order valence-electron chi connectivity index (χ2n) is 7.57. The van der Waals surface area contributed by atoms with Crippen molar-refractivity contribution in [1.82, 2.24) is 30.0 Å². The lowest BCUT2D eigenvalue weighted by Crippen LogP contribution is -2.61. The van der Waals surface area contributed by atoms with Gasteiger partial charge in [-0.05, 0) is 36.3 Å². The minimum Gasteiger partial charge on any atom is -0.469 e. The molecule has 0 aromatic carbocycles. The first kappa shape index (κ1) is 20.0. The van der Waals surface area contributed by atoms with Crippen LogP contribution in [0.25, 0.3) is 0 Å². The van der Waals surface area contributed by atoms with Crippen LogP contribution in [0.15, 0.2) is 16.7 Å². The number of nitrogens with zero attached hydrogens (tertiary/aromatic N) is 6. The SMILES string of the molecule is COCCn1nnnc1[C@]1(N2CCOCC2)CCCN(C(=O)c2ccoc2C)C1. The van der Waals surface area contributed by atoms with Crippen LogP contribution < -0.4 is 0 Å². The Hall–Kier alpha value is -2.30. The Bertz CT molecular complexity index is 830. The number of hydrogen-bond donors (Lipinski definition) is 0. The van der Waals surface area contributed by atoms with E-state index in [4.69, 9.17) is 13.9 Å². The number of rotatable bonds is 6. The lowest BCUT2D eigenvalue weighted by molar-refractivity contribution is -0.0573. The van der Waals surface area contributed by atoms with Crippen molar-refractivity contribution in [3.05, 3.63) is 29.5 Å². The van der Waals surface area contributed by atoms with Gasteiger partial charge in [-0.1, -0.05) is 0 Å². The second kappa shape index (κ2) is 8.60. The molecule has 2 saturated heterocycles. The highest BCUT2D eigenvalue weighted by atomic mass is 16.5. The van der Waals surface area contributed by atoms with E-state index in [1.165, 1.54) is 0 Å². The van der Waals surface area contributed by atoms with Gasteiger partial charge in [-0.2, -0.15) is 0 Å². The fourth-order valence-corrected chi connectivity index (χ4v) is 4.43. The Morgan fingerprint density at radius 3 is 2.86 bits per heavy atom. The number of aryl methyl sites for hydroxylation is 1. The molecular formula is C19H28N6O4. The van der Waals surface area contributed by atoms with Crippen LogP contribution in [0.2, 0.25) is 0 Å². The Morgan fingerprint density at radius 1 is 1.31 bits per heavy atom. The second-order valence-corrected chi connectivity index (χ2v) is 7.57. The number of amides is 1. The highest BCUT2D eigenvalue weighted by Gasteiger charge is 2.47. The van der Waals surface area contributed by atoms with Crippen LogP contribution in [-0.4, -0.2) is 89.0 Å². The maximum absolute atomic E-state index is 13.2. The Balaban J connectivity index is 1.68. The molecule has 2 aromatic heterocycles. The van der Waals surface area contributed by atoms with E-state index in [0.717, 1.165) is 31.8 Å². The van der Waals surface area contributed by atoms with Gasteiger partial charge in [-0.25, -0.2) is 4.68 Å². The van der Waals surface area contributed by atoms with E-state index in [2.05, 4.69) is 20.4 Å². The average Bonchev–Trinajstić information content (AvgIpc) is 3.41. The number of carbonyl (C=O) groups is 1. The van der Waals surface area contributed by atoms with Crippen LogP contribution in [-0.2, 0) is 21.6 Å². The summed E-state index contributed by atoms with van der Waals surface area (Å²) in [5.41, 5.74) is 0.161. The number of methoxy groups -OCH3 is 1. The molecule has 1 atom stereocenters. The van der Waals surface area contributed by atoms with E-state index in [1.807, 2.05) is 16.5 Å². The van der Waals surface area contributed by atoms with Crippen molar-refractivity contribution in [1.29, 1.82) is 0 Å². The van der Waals surface area contributed by atoms with Crippen molar-refractivity contribution in [3.63, 3.8) is 0 Å². The third kappa shape index (κ3) is 3.79. The fourth-order valence-electron chi connectivity index (χ4n) is 4.43. The van der Waals surface area contributed by atoms with Gasteiger partial charge < -0.3 is 18.8 Å². The molecule has 0 spiro atoms. The molecule has 2 aliphatic rings. The van der Waals surface area contributed by atoms with Crippen LogP contribution in [0, 0.1) is 6.92 Å². The summed E-state index contributed by atoms with van der Waals surface area (Å²) in [6.45, 7) is 7.03. The first-order valence-electron chi connectivity index (χ1n) is 10.1. The largest absolute Gasteiger partial charge is 0.469 e. The third-order valence-electron chi connectivity index (χ3n) is 5.92. The zero-order chi connectivity index (χ0) is 20.3. The highest BCUT2D eigenvalue weighted by molar-refractivity contribution is 5.95. The first-order valence-corrected chi connectivity index (χ1v) is 10.1. The van der Waals surface area contributed by atoms with Crippen LogP contribution in [0.3, 0.4) is 0 Å². The van der Waals surface area contributed by atoms with E-state index in [9.17, 15) is 4.79 Å². The van der Waals surface area contributed by atoms with Crippen molar-refractivity contribution in [3.8, 4) is 0 Å². The van der Waals surface area contributed by atoms with Gasteiger partial charge in [-0.15, -0.1) is 5.10 Å². The standard InChI is InChI=1S/C19H28N6O4/c1-15-16(4-10-29-15)17(26)23-6-3-5-19(14-23,24-7-12-28-13-8-24)18-20-21-22-25(18)9-11-27-2/h4,10H,3,5-9,11-14H2,1-2H3/t19-/m0/s1. The maximum Gasteiger partial charge on any atom is 0.257 e. The number of tetrazole rings is 1. The zero-order valence-electron chi connectivity index (χ0n) is 17.0. The molecule has 4 rings (SSSR count). The van der Waals surface area contributed by atoms with E-state index >= 15 is 0 Å². The van der Waals surface area contributed by atoms with Crippen LogP contribution >= 0.6 is 0 Å². The Kier molecular flexibility index (Phi) is 5.93. The molecule has 0 bridgehead atoms. The van der Waals surface area contributed by atoms with Gasteiger partial charge in [0.05, 0.1) is 38.2 Å². The number of morpholine rings is 1. The zero-order valence-corrected chi connectivity index (χ0v) is 17.0. The van der Waals surface area contributed by atoms with Crippen molar-refractivity contribution in [2.75, 3.05) is 53.1 Å². The summed E-state index contributed by atoms with van der Waals surface area (Å²) in [7, 11) is 1.66. The molecule has 2 aromatic rings. The Labute approximate surface area is 169 Å². The van der Waals surface area contributed by atoms with Gasteiger partial charge in [0, 0.05) is 33.3 Å². The van der Waals surface area contributed by atoms with Gasteiger partial charge in [0.15, 0.2) is 5.82 Å². The summed E-state index contributed by atoms with van der Waals surface area (Å²) in [6.07, 6.45) is 3.32. The minimum absolute atomic E-state index is 0.00972. The van der Waals surface area contributed by atoms with Crippen LogP contribution in [0.5, 0.6) is 0 Å². The molecule has 0 saturated carbocycles. The van der Waals surface area contributed by atoms with Gasteiger partial charge in [-0.3, -0.25) is 9.69 Å². The summed E-state index contributed by atoms with van der Waals surface area (Å²) in [5, 5.41) is 12.6. The number of furan rings is 1. The van der Waals surface area contributed by atoms with Crippen molar-refractivity contribution < 1.29 is 18.7 Å². The molecule has 0 unspecified atom stereocenters. The molecule has 0 aliphatic carbocycles. The summed E-state index contributed by atoms with van der Waals surface area (Å²) in [6, 6.07) is 1.74. The predicted octanol–water partition coefficient (Wildman–Crippen LogP) is 0.685. The third-order valence-corrected chi connectivity index (χ3v) is 5.92. The number of ether oxygens (including phenoxy) is 2. The number of piperidine rings is 1. The van der Waals surface area contributed by atoms with Crippen molar-refractivity contribution in [2.24, 2.45) is 0 Å². The smallest absolute Gasteiger partial charge is 0.257 e. The number of hydrogen-bond acceptors (Lipinski definition) is 8. The molecule has 2 fully saturated rings. The summed E-state index contributed by atoms with van der Waals surface area (Å²) >= 11 is 0. The van der Waals surface area contributed by atoms with Gasteiger partial charge in [0.25, 0.3) is 5.91 Å². The molecular weight excluding hydrogens is 376 g/mol. The van der Waals surface area contributed by atoms with E-state index in [-0.39, 0.29) is 5.91 Å². The maximum atomic E-state index is 13.2. The normalized spacial score (nSPS) is 23.4. The van der Waals surface area contributed by atoms with Crippen molar-refractivity contribution in [2.45, 2.75) is 31.8 Å². The monoisotopic (exact) mass is 404 g/mol. The number of carbonyl (C=O) groups excluding carboxylic acids is 1. The van der Waals surface area contributed by atoms with E-state index in [1.54, 1.807) is 19.4 Å². The average molecular weight is 404 g/mol. The molecule has 0 radical (unpaired) electrons. The van der Waals surface area contributed by atoms with Crippen LogP contribution in [0.1, 0.15) is 34.8 Å². The van der Waals surface area contributed by atoms with E-state index in [0.29, 0.717) is 50.8 Å². The fraction of sp³-hybridized carbons (Fsp3) is 0.684. The molecule has 0 N–H and O–H groups in total. The number of aromatic nitrogens is 4. The summed E-state index contributed by atoms with van der Waals surface area (Å²) in [4.78, 5) is 17.5. The molecule has 4 heterocycles. The topological polar surface area (TPSA) is 98.7 Å². The molecule has 2 aliphatic heterocycles. The van der Waals surface area contributed by atoms with E-state index < -0.39 is 5.54 Å². The van der Waals surface area contributed by atoms with Gasteiger partial charge in [0.2, 0.25) is 0 Å². The molecule has 10 heteroatoms. The highest BCUT2D eigenvalue weighted by Crippen LogP contribution is 2.37. The lowest BCUT2D eigenvalue weighted by Gasteiger charge is -2.49. The summed E-state index contributed by atoms with van der Waals surface area (Å²) in [5.74, 6) is 1.42. The number of likely N-dealkylation sites (tertiary alicyclic amines) is 1. The summed E-state index contributed by atoms with van der Waals surface area (Å²) < 4.78 is 18.0. The first-order chi connectivity index (χ1) is 14.2. The van der Waals surface area contributed by atoms with Crippen LogP contribution in [0.4, 0.5) is 0 Å². The van der Waals surface area contributed by atoms with Gasteiger partial charge >= 0.3 is 0 Å². The Morgan fingerprint density at radius 2 is 2.14 bits per heavy atom. The van der Waals surface area contributed by atoms with Gasteiger partial charge in [0.1, 0.15) is 11.3 Å². The molecule has 158 valence electrons. The predicted molar refractivity (Wildman–Crippen MR) is 102 cm³/mol. The quantitative estimate of drug-likeness (QED) is 0.693. The molecule has 29 heavy (non-hydrogen) atoms.